The summed E-state index contributed by atoms with van der Waals surface area (Å²) in [6.45, 7) is 4.46. The third-order valence-electron chi connectivity index (χ3n) is 2.66. The molecule has 0 aromatic carbocycles. The second-order valence-corrected chi connectivity index (χ2v) is 4.38. The summed E-state index contributed by atoms with van der Waals surface area (Å²) in [6.07, 6.45) is 17.2. The van der Waals surface area contributed by atoms with Crippen LogP contribution in [0.5, 0.6) is 0 Å². The molecule has 0 rings (SSSR count). The highest BCUT2D eigenvalue weighted by Crippen LogP contribution is 2.07. The maximum Gasteiger partial charge on any atom is 0.00922 e. The van der Waals surface area contributed by atoms with Gasteiger partial charge in [0.1, 0.15) is 0 Å². The van der Waals surface area contributed by atoms with Gasteiger partial charge in [0.2, 0.25) is 0 Å². The molecule has 0 fully saturated rings. The lowest BCUT2D eigenvalue weighted by molar-refractivity contribution is 0.594. The van der Waals surface area contributed by atoms with E-state index in [1.165, 1.54) is 51.4 Å². The summed E-state index contributed by atoms with van der Waals surface area (Å²) in [5.74, 6) is 6.31. The van der Waals surface area contributed by atoms with Crippen LogP contribution in [-0.4, -0.2) is 0 Å². The van der Waals surface area contributed by atoms with Crippen molar-refractivity contribution in [1.29, 1.82) is 0 Å². The predicted molar refractivity (Wildman–Crippen MR) is 74.4 cm³/mol. The second-order valence-electron chi connectivity index (χ2n) is 4.38. The fourth-order valence-electron chi connectivity index (χ4n) is 1.61. The maximum atomic E-state index is 3.21. The van der Waals surface area contributed by atoms with Gasteiger partial charge >= 0.3 is 0 Å². The molecule has 0 N–H and O–H groups in total. The van der Waals surface area contributed by atoms with Crippen molar-refractivity contribution in [3.05, 3.63) is 12.2 Å². The zero-order chi connectivity index (χ0) is 11.9. The van der Waals surface area contributed by atoms with E-state index < -0.39 is 0 Å². The molecule has 0 atom stereocenters. The van der Waals surface area contributed by atoms with Crippen molar-refractivity contribution in [2.75, 3.05) is 0 Å². The zero-order valence-corrected chi connectivity index (χ0v) is 11.2. The van der Waals surface area contributed by atoms with Gasteiger partial charge < -0.3 is 0 Å². The van der Waals surface area contributed by atoms with Crippen LogP contribution >= 0.6 is 0 Å². The van der Waals surface area contributed by atoms with E-state index >= 15 is 0 Å². The second kappa shape index (κ2) is 14.3. The van der Waals surface area contributed by atoms with Crippen molar-refractivity contribution in [3.63, 3.8) is 0 Å². The minimum Gasteiger partial charge on any atom is -0.0985 e. The van der Waals surface area contributed by atoms with E-state index in [0.29, 0.717) is 0 Å². The van der Waals surface area contributed by atoms with Crippen LogP contribution in [0.15, 0.2) is 12.2 Å². The van der Waals surface area contributed by atoms with E-state index in [9.17, 15) is 0 Å². The van der Waals surface area contributed by atoms with E-state index in [4.69, 9.17) is 0 Å². The normalized spacial score (nSPS) is 10.4. The molecule has 0 radical (unpaired) electrons. The Hall–Kier alpha value is -0.700. The molecular formula is C16H28. The number of unbranched alkanes of at least 4 members (excludes halogenated alkanes) is 8. The SMILES string of the molecule is CCCC=CC#CCCCCCCCCC. The van der Waals surface area contributed by atoms with Crippen LogP contribution in [0.25, 0.3) is 0 Å². The molecular weight excluding hydrogens is 192 g/mol. The topological polar surface area (TPSA) is 0 Å². The first-order chi connectivity index (χ1) is 7.91. The molecule has 0 saturated carbocycles. The lowest BCUT2D eigenvalue weighted by atomic mass is 10.1. The lowest BCUT2D eigenvalue weighted by Gasteiger charge is -1.97. The average Bonchev–Trinajstić information content (AvgIpc) is 2.31. The third kappa shape index (κ3) is 13.3. The molecule has 0 aliphatic rings. The average molecular weight is 220 g/mol. The van der Waals surface area contributed by atoms with Crippen molar-refractivity contribution in [2.45, 2.75) is 78.1 Å². The van der Waals surface area contributed by atoms with E-state index in [1.54, 1.807) is 0 Å². The molecule has 0 aliphatic carbocycles. The van der Waals surface area contributed by atoms with E-state index in [0.717, 1.165) is 12.8 Å². The van der Waals surface area contributed by atoms with Crippen molar-refractivity contribution >= 4 is 0 Å². The molecule has 0 aromatic heterocycles. The molecule has 0 aliphatic heterocycles. The monoisotopic (exact) mass is 220 g/mol. The Balaban J connectivity index is 3.13. The van der Waals surface area contributed by atoms with Gasteiger partial charge in [-0.2, -0.15) is 0 Å². The molecule has 0 heteroatoms. The van der Waals surface area contributed by atoms with Crippen LogP contribution in [0.3, 0.4) is 0 Å². The van der Waals surface area contributed by atoms with Crippen LogP contribution in [0.2, 0.25) is 0 Å². The highest BCUT2D eigenvalue weighted by atomic mass is 13.9. The highest BCUT2D eigenvalue weighted by Gasteiger charge is 1.88. The Morgan fingerprint density at radius 2 is 1.50 bits per heavy atom. The fourth-order valence-corrected chi connectivity index (χ4v) is 1.61. The van der Waals surface area contributed by atoms with Crippen LogP contribution in [0.1, 0.15) is 78.1 Å². The number of allylic oxidation sites excluding steroid dienone is 2. The van der Waals surface area contributed by atoms with Crippen molar-refractivity contribution in [3.8, 4) is 11.8 Å². The van der Waals surface area contributed by atoms with Gasteiger partial charge in [0.05, 0.1) is 0 Å². The van der Waals surface area contributed by atoms with Crippen LogP contribution in [-0.2, 0) is 0 Å². The summed E-state index contributed by atoms with van der Waals surface area (Å²) in [6, 6.07) is 0. The largest absolute Gasteiger partial charge is 0.0985 e. The van der Waals surface area contributed by atoms with Gasteiger partial charge in [0, 0.05) is 6.42 Å². The Morgan fingerprint density at radius 3 is 2.19 bits per heavy atom. The smallest absolute Gasteiger partial charge is 0.00922 e. The van der Waals surface area contributed by atoms with Crippen molar-refractivity contribution in [2.24, 2.45) is 0 Å². The summed E-state index contributed by atoms with van der Waals surface area (Å²) < 4.78 is 0. The molecule has 0 bridgehead atoms. The number of hydrogen-bond donors (Lipinski definition) is 0. The van der Waals surface area contributed by atoms with E-state index in [-0.39, 0.29) is 0 Å². The van der Waals surface area contributed by atoms with Gasteiger partial charge in [-0.1, -0.05) is 76.7 Å². The summed E-state index contributed by atoms with van der Waals surface area (Å²) in [5.41, 5.74) is 0. The Kier molecular flexibility index (Phi) is 13.7. The maximum absolute atomic E-state index is 3.21. The standard InChI is InChI=1S/C16H28/c1-3-5-7-9-11-13-15-16-14-12-10-8-6-4-2/h7,9H,3-6,8,10,12,14-16H2,1-2H3. The molecule has 0 nitrogen and oxygen atoms in total. The number of hydrogen-bond acceptors (Lipinski definition) is 0. The van der Waals surface area contributed by atoms with Crippen LogP contribution < -0.4 is 0 Å². The summed E-state index contributed by atoms with van der Waals surface area (Å²) in [7, 11) is 0. The highest BCUT2D eigenvalue weighted by molar-refractivity contribution is 5.14. The van der Waals surface area contributed by atoms with Crippen molar-refractivity contribution < 1.29 is 0 Å². The first kappa shape index (κ1) is 15.3. The molecule has 0 amide bonds. The van der Waals surface area contributed by atoms with Crippen LogP contribution in [0, 0.1) is 11.8 Å². The minimum absolute atomic E-state index is 1.07. The van der Waals surface area contributed by atoms with E-state index in [2.05, 4.69) is 31.8 Å². The predicted octanol–water partition coefficient (Wildman–Crippen LogP) is 5.49. The van der Waals surface area contributed by atoms with Gasteiger partial charge in [0.25, 0.3) is 0 Å². The molecule has 0 spiro atoms. The molecule has 0 saturated heterocycles. The Labute approximate surface area is 103 Å². The quantitative estimate of drug-likeness (QED) is 0.356. The van der Waals surface area contributed by atoms with Crippen molar-refractivity contribution in [1.82, 2.24) is 0 Å². The third-order valence-corrected chi connectivity index (χ3v) is 2.66. The van der Waals surface area contributed by atoms with Crippen LogP contribution in [0.4, 0.5) is 0 Å². The lowest BCUT2D eigenvalue weighted by Crippen LogP contribution is -1.78. The summed E-state index contributed by atoms with van der Waals surface area (Å²) in [5, 5.41) is 0. The molecule has 92 valence electrons. The summed E-state index contributed by atoms with van der Waals surface area (Å²) >= 11 is 0. The Morgan fingerprint density at radius 1 is 0.812 bits per heavy atom. The van der Waals surface area contributed by atoms with E-state index in [1.807, 2.05) is 6.08 Å². The van der Waals surface area contributed by atoms with Gasteiger partial charge in [-0.3, -0.25) is 0 Å². The molecule has 0 unspecified atom stereocenters. The Bertz CT molecular complexity index is 202. The first-order valence-corrected chi connectivity index (χ1v) is 7.05. The minimum atomic E-state index is 1.07. The van der Waals surface area contributed by atoms with Gasteiger partial charge in [-0.05, 0) is 18.9 Å². The zero-order valence-electron chi connectivity index (χ0n) is 11.2. The first-order valence-electron chi connectivity index (χ1n) is 7.05. The molecule has 0 aromatic rings. The molecule has 16 heavy (non-hydrogen) atoms. The fraction of sp³-hybridized carbons (Fsp3) is 0.750. The van der Waals surface area contributed by atoms with Gasteiger partial charge in [-0.15, -0.1) is 0 Å². The summed E-state index contributed by atoms with van der Waals surface area (Å²) in [4.78, 5) is 0. The van der Waals surface area contributed by atoms with Gasteiger partial charge in [-0.25, -0.2) is 0 Å². The number of rotatable bonds is 9. The molecule has 0 heterocycles. The van der Waals surface area contributed by atoms with Gasteiger partial charge in [0.15, 0.2) is 0 Å².